The molecule has 2 N–H and O–H groups in total. The summed E-state index contributed by atoms with van der Waals surface area (Å²) in [4.78, 5) is 25.8. The largest absolute Gasteiger partial charge is 0.338 e. The first-order valence-corrected chi connectivity index (χ1v) is 7.80. The van der Waals surface area contributed by atoms with Gasteiger partial charge in [-0.2, -0.15) is 5.26 Å². The number of anilines is 1. The first-order chi connectivity index (χ1) is 11.2. The molecule has 1 aliphatic rings. The van der Waals surface area contributed by atoms with Crippen molar-refractivity contribution < 1.29 is 9.59 Å². The van der Waals surface area contributed by atoms with Crippen LogP contribution in [-0.4, -0.2) is 25.2 Å². The van der Waals surface area contributed by atoms with E-state index in [1.165, 1.54) is 0 Å². The quantitative estimate of drug-likeness (QED) is 0.646. The van der Waals surface area contributed by atoms with Crippen LogP contribution in [0, 0.1) is 23.2 Å². The third kappa shape index (κ3) is 5.57. The molecule has 0 bridgehead atoms. The van der Waals surface area contributed by atoms with Gasteiger partial charge in [0.25, 0.3) is 0 Å². The SMILES string of the molecule is N#Cc1ccc(NC(=O)NCC2CCCC(CN=C=O)C2)cc1. The van der Waals surface area contributed by atoms with E-state index in [4.69, 9.17) is 5.26 Å². The molecule has 1 fully saturated rings. The molecule has 0 aromatic heterocycles. The van der Waals surface area contributed by atoms with Crippen molar-refractivity contribution in [3.05, 3.63) is 29.8 Å². The predicted octanol–water partition coefficient (Wildman–Crippen LogP) is 2.82. The highest BCUT2D eigenvalue weighted by atomic mass is 16.2. The molecule has 0 heterocycles. The summed E-state index contributed by atoms with van der Waals surface area (Å²) in [6.45, 7) is 1.15. The molecular formula is C17H20N4O2. The zero-order valence-electron chi connectivity index (χ0n) is 12.9. The van der Waals surface area contributed by atoms with E-state index < -0.39 is 0 Å². The Morgan fingerprint density at radius 3 is 2.70 bits per heavy atom. The zero-order chi connectivity index (χ0) is 16.5. The van der Waals surface area contributed by atoms with Gasteiger partial charge in [0.15, 0.2) is 0 Å². The summed E-state index contributed by atoms with van der Waals surface area (Å²) >= 11 is 0. The number of hydrogen-bond donors (Lipinski definition) is 2. The second-order valence-electron chi connectivity index (χ2n) is 5.85. The zero-order valence-corrected chi connectivity index (χ0v) is 12.9. The standard InChI is InChI=1S/C17H20N4O2/c18-9-13-4-6-16(7-5-13)21-17(23)20-11-15-3-1-2-14(8-15)10-19-12-22/h4-7,14-15H,1-3,8,10-11H2,(H2,20,21,23). The van der Waals surface area contributed by atoms with Crippen molar-refractivity contribution in [2.24, 2.45) is 16.8 Å². The number of carbonyl (C=O) groups excluding carboxylic acids is 2. The van der Waals surface area contributed by atoms with Gasteiger partial charge in [0.2, 0.25) is 6.08 Å². The second kappa shape index (κ2) is 8.72. The topological polar surface area (TPSA) is 94.3 Å². The molecule has 120 valence electrons. The van der Waals surface area contributed by atoms with Gasteiger partial charge in [-0.1, -0.05) is 6.42 Å². The van der Waals surface area contributed by atoms with E-state index in [1.54, 1.807) is 30.3 Å². The number of carbonyl (C=O) groups is 1. The van der Waals surface area contributed by atoms with E-state index in [-0.39, 0.29) is 6.03 Å². The summed E-state index contributed by atoms with van der Waals surface area (Å²) in [6, 6.07) is 8.51. The molecule has 1 aromatic carbocycles. The summed E-state index contributed by atoms with van der Waals surface area (Å²) in [7, 11) is 0. The fraction of sp³-hybridized carbons (Fsp3) is 0.471. The lowest BCUT2D eigenvalue weighted by Crippen LogP contribution is -2.35. The Balaban J connectivity index is 1.75. The average Bonchev–Trinajstić information content (AvgIpc) is 2.59. The van der Waals surface area contributed by atoms with Crippen LogP contribution in [0.3, 0.4) is 0 Å². The van der Waals surface area contributed by atoms with E-state index in [0.717, 1.165) is 25.7 Å². The van der Waals surface area contributed by atoms with E-state index >= 15 is 0 Å². The molecule has 2 atom stereocenters. The van der Waals surface area contributed by atoms with Crippen LogP contribution in [0.25, 0.3) is 0 Å². The number of nitrogens with one attached hydrogen (secondary N) is 2. The minimum absolute atomic E-state index is 0.247. The van der Waals surface area contributed by atoms with Gasteiger partial charge < -0.3 is 10.6 Å². The number of benzene rings is 1. The van der Waals surface area contributed by atoms with Crippen LogP contribution in [0.4, 0.5) is 10.5 Å². The number of rotatable bonds is 5. The van der Waals surface area contributed by atoms with E-state index in [0.29, 0.717) is 36.2 Å². The molecular weight excluding hydrogens is 292 g/mol. The van der Waals surface area contributed by atoms with Crippen LogP contribution in [-0.2, 0) is 4.79 Å². The highest BCUT2D eigenvalue weighted by Gasteiger charge is 2.22. The van der Waals surface area contributed by atoms with Gasteiger partial charge in [-0.15, -0.1) is 0 Å². The van der Waals surface area contributed by atoms with Crippen molar-refractivity contribution in [1.29, 1.82) is 5.26 Å². The Kier molecular flexibility index (Phi) is 6.34. The van der Waals surface area contributed by atoms with Gasteiger partial charge in [-0.3, -0.25) is 0 Å². The summed E-state index contributed by atoms with van der Waals surface area (Å²) in [5.41, 5.74) is 1.21. The van der Waals surface area contributed by atoms with Gasteiger partial charge in [0.05, 0.1) is 18.2 Å². The fourth-order valence-corrected chi connectivity index (χ4v) is 2.96. The van der Waals surface area contributed by atoms with Gasteiger partial charge in [-0.05, 0) is 55.4 Å². The van der Waals surface area contributed by atoms with E-state index in [1.807, 2.05) is 6.07 Å². The first kappa shape index (κ1) is 16.7. The van der Waals surface area contributed by atoms with Gasteiger partial charge in [0.1, 0.15) is 0 Å². The summed E-state index contributed by atoms with van der Waals surface area (Å²) in [5, 5.41) is 14.4. The lowest BCUT2D eigenvalue weighted by atomic mass is 9.81. The monoisotopic (exact) mass is 312 g/mol. The van der Waals surface area contributed by atoms with Crippen LogP contribution in [0.1, 0.15) is 31.2 Å². The molecule has 6 nitrogen and oxygen atoms in total. The molecule has 0 saturated heterocycles. The summed E-state index contributed by atoms with van der Waals surface area (Å²) in [6.07, 6.45) is 5.83. The van der Waals surface area contributed by atoms with Crippen molar-refractivity contribution in [3.63, 3.8) is 0 Å². The van der Waals surface area contributed by atoms with Gasteiger partial charge >= 0.3 is 6.03 Å². The Bertz CT molecular complexity index is 614. The lowest BCUT2D eigenvalue weighted by Gasteiger charge is -2.28. The minimum Gasteiger partial charge on any atom is -0.338 e. The third-order valence-electron chi connectivity index (χ3n) is 4.13. The van der Waals surface area contributed by atoms with Crippen molar-refractivity contribution in [2.75, 3.05) is 18.4 Å². The summed E-state index contributed by atoms with van der Waals surface area (Å²) < 4.78 is 0. The molecule has 1 aliphatic carbocycles. The first-order valence-electron chi connectivity index (χ1n) is 7.80. The predicted molar refractivity (Wildman–Crippen MR) is 86.6 cm³/mol. The molecule has 2 amide bonds. The smallest absolute Gasteiger partial charge is 0.319 e. The molecule has 0 spiro atoms. The Hall–Kier alpha value is -2.64. The normalized spacial score (nSPS) is 20.0. The van der Waals surface area contributed by atoms with Crippen molar-refractivity contribution >= 4 is 17.8 Å². The minimum atomic E-state index is -0.247. The Morgan fingerprint density at radius 1 is 1.26 bits per heavy atom. The molecule has 1 aromatic rings. The number of nitrogens with zero attached hydrogens (tertiary/aromatic N) is 2. The van der Waals surface area contributed by atoms with Crippen molar-refractivity contribution in [1.82, 2.24) is 5.32 Å². The van der Waals surface area contributed by atoms with Crippen LogP contribution in [0.15, 0.2) is 29.3 Å². The van der Waals surface area contributed by atoms with E-state index in [2.05, 4.69) is 15.6 Å². The molecule has 6 heteroatoms. The maximum Gasteiger partial charge on any atom is 0.319 e. The maximum atomic E-state index is 11.9. The third-order valence-corrected chi connectivity index (χ3v) is 4.13. The number of hydrogen-bond acceptors (Lipinski definition) is 4. The number of urea groups is 1. The van der Waals surface area contributed by atoms with E-state index in [9.17, 15) is 9.59 Å². The maximum absolute atomic E-state index is 11.9. The Morgan fingerprint density at radius 2 is 2.00 bits per heavy atom. The molecule has 0 aliphatic heterocycles. The van der Waals surface area contributed by atoms with Crippen LogP contribution in [0.5, 0.6) is 0 Å². The fourth-order valence-electron chi connectivity index (χ4n) is 2.96. The highest BCUT2D eigenvalue weighted by molar-refractivity contribution is 5.89. The molecule has 2 unspecified atom stereocenters. The average molecular weight is 312 g/mol. The molecule has 0 radical (unpaired) electrons. The number of isocyanates is 1. The van der Waals surface area contributed by atoms with Crippen LogP contribution >= 0.6 is 0 Å². The van der Waals surface area contributed by atoms with Gasteiger partial charge in [0, 0.05) is 12.2 Å². The highest BCUT2D eigenvalue weighted by Crippen LogP contribution is 2.28. The Labute approximate surface area is 135 Å². The van der Waals surface area contributed by atoms with Crippen LogP contribution in [0.2, 0.25) is 0 Å². The lowest BCUT2D eigenvalue weighted by molar-refractivity contribution is 0.239. The molecule has 2 rings (SSSR count). The van der Waals surface area contributed by atoms with Crippen molar-refractivity contribution in [2.45, 2.75) is 25.7 Å². The van der Waals surface area contributed by atoms with Crippen molar-refractivity contribution in [3.8, 4) is 6.07 Å². The molecule has 23 heavy (non-hydrogen) atoms. The number of aliphatic imine (C=N–C) groups is 1. The second-order valence-corrected chi connectivity index (χ2v) is 5.85. The van der Waals surface area contributed by atoms with Gasteiger partial charge in [-0.25, -0.2) is 14.6 Å². The number of amides is 2. The number of nitriles is 1. The van der Waals surface area contributed by atoms with Crippen LogP contribution < -0.4 is 10.6 Å². The summed E-state index contributed by atoms with van der Waals surface area (Å²) in [5.74, 6) is 0.834. The molecule has 1 saturated carbocycles.